The first-order chi connectivity index (χ1) is 15.1. The highest BCUT2D eigenvalue weighted by Crippen LogP contribution is 2.18. The summed E-state index contributed by atoms with van der Waals surface area (Å²) in [4.78, 5) is 24.7. The van der Waals surface area contributed by atoms with Crippen LogP contribution in [-0.2, 0) is 11.2 Å². The van der Waals surface area contributed by atoms with Crippen LogP contribution in [-0.4, -0.2) is 41.8 Å². The van der Waals surface area contributed by atoms with Crippen molar-refractivity contribution in [2.24, 2.45) is 0 Å². The van der Waals surface area contributed by atoms with Crippen LogP contribution >= 0.6 is 11.3 Å². The SMILES string of the molecule is CCC(Oc1ccccc1)C(=O)Nc1nnc(CCNC(=O)c2cccc(OC)c2)s1. The van der Waals surface area contributed by atoms with Crippen LogP contribution in [0.25, 0.3) is 0 Å². The largest absolute Gasteiger partial charge is 0.497 e. The molecule has 0 saturated heterocycles. The summed E-state index contributed by atoms with van der Waals surface area (Å²) < 4.78 is 10.9. The van der Waals surface area contributed by atoms with Crippen molar-refractivity contribution >= 4 is 28.3 Å². The van der Waals surface area contributed by atoms with Crippen molar-refractivity contribution in [1.82, 2.24) is 15.5 Å². The molecule has 0 aliphatic heterocycles. The quantitative estimate of drug-likeness (QED) is 0.501. The van der Waals surface area contributed by atoms with Crippen LogP contribution in [0.2, 0.25) is 0 Å². The number of hydrogen-bond acceptors (Lipinski definition) is 7. The number of anilines is 1. The monoisotopic (exact) mass is 440 g/mol. The second-order valence-corrected chi connectivity index (χ2v) is 7.62. The summed E-state index contributed by atoms with van der Waals surface area (Å²) in [5, 5.41) is 14.8. The lowest BCUT2D eigenvalue weighted by Gasteiger charge is -2.16. The van der Waals surface area contributed by atoms with Crippen LogP contribution in [0.15, 0.2) is 54.6 Å². The van der Waals surface area contributed by atoms with Gasteiger partial charge in [0.05, 0.1) is 7.11 Å². The van der Waals surface area contributed by atoms with Crippen LogP contribution < -0.4 is 20.1 Å². The van der Waals surface area contributed by atoms with Gasteiger partial charge < -0.3 is 14.8 Å². The minimum Gasteiger partial charge on any atom is -0.497 e. The lowest BCUT2D eigenvalue weighted by atomic mass is 10.2. The number of aromatic nitrogens is 2. The van der Waals surface area contributed by atoms with E-state index in [4.69, 9.17) is 9.47 Å². The molecule has 0 spiro atoms. The molecule has 162 valence electrons. The van der Waals surface area contributed by atoms with Crippen molar-refractivity contribution in [3.63, 3.8) is 0 Å². The van der Waals surface area contributed by atoms with Crippen LogP contribution in [0.1, 0.15) is 28.7 Å². The normalized spacial score (nSPS) is 11.4. The second kappa shape index (κ2) is 11.1. The van der Waals surface area contributed by atoms with Gasteiger partial charge in [0, 0.05) is 18.5 Å². The van der Waals surface area contributed by atoms with E-state index in [9.17, 15) is 9.59 Å². The van der Waals surface area contributed by atoms with Crippen molar-refractivity contribution in [3.8, 4) is 11.5 Å². The van der Waals surface area contributed by atoms with Gasteiger partial charge in [0.2, 0.25) is 5.13 Å². The summed E-state index contributed by atoms with van der Waals surface area (Å²) in [5.41, 5.74) is 0.522. The molecule has 31 heavy (non-hydrogen) atoms. The molecule has 0 fully saturated rings. The molecular weight excluding hydrogens is 416 g/mol. The van der Waals surface area contributed by atoms with Crippen LogP contribution in [0.5, 0.6) is 11.5 Å². The summed E-state index contributed by atoms with van der Waals surface area (Å²) in [6.45, 7) is 2.27. The maximum absolute atomic E-state index is 12.5. The Bertz CT molecular complexity index is 1010. The van der Waals surface area contributed by atoms with Crippen molar-refractivity contribution in [2.45, 2.75) is 25.9 Å². The van der Waals surface area contributed by atoms with Gasteiger partial charge in [-0.3, -0.25) is 14.9 Å². The molecule has 3 aromatic rings. The third kappa shape index (κ3) is 6.51. The minimum absolute atomic E-state index is 0.194. The van der Waals surface area contributed by atoms with Gasteiger partial charge >= 0.3 is 0 Å². The Morgan fingerprint density at radius 2 is 1.84 bits per heavy atom. The van der Waals surface area contributed by atoms with E-state index in [1.54, 1.807) is 43.5 Å². The Balaban J connectivity index is 1.48. The van der Waals surface area contributed by atoms with Gasteiger partial charge in [-0.05, 0) is 36.8 Å². The minimum atomic E-state index is -0.628. The van der Waals surface area contributed by atoms with Gasteiger partial charge in [-0.15, -0.1) is 10.2 Å². The molecule has 1 unspecified atom stereocenters. The van der Waals surface area contributed by atoms with Crippen LogP contribution in [0.3, 0.4) is 0 Å². The topological polar surface area (TPSA) is 102 Å². The molecule has 8 nitrogen and oxygen atoms in total. The Kier molecular flexibility index (Phi) is 7.94. The maximum Gasteiger partial charge on any atom is 0.267 e. The van der Waals surface area contributed by atoms with Gasteiger partial charge in [-0.1, -0.05) is 42.5 Å². The molecule has 1 aromatic heterocycles. The third-order valence-electron chi connectivity index (χ3n) is 4.34. The predicted molar refractivity (Wildman–Crippen MR) is 119 cm³/mol. The first-order valence-electron chi connectivity index (χ1n) is 9.86. The van der Waals surface area contributed by atoms with Gasteiger partial charge in [0.1, 0.15) is 16.5 Å². The zero-order valence-electron chi connectivity index (χ0n) is 17.3. The van der Waals surface area contributed by atoms with E-state index < -0.39 is 6.10 Å². The zero-order valence-corrected chi connectivity index (χ0v) is 18.1. The molecule has 1 heterocycles. The van der Waals surface area contributed by atoms with Crippen molar-refractivity contribution in [3.05, 3.63) is 65.2 Å². The molecule has 2 aromatic carbocycles. The fourth-order valence-electron chi connectivity index (χ4n) is 2.73. The molecule has 2 amide bonds. The number of carbonyl (C=O) groups is 2. The van der Waals surface area contributed by atoms with Gasteiger partial charge in [0.15, 0.2) is 6.10 Å². The van der Waals surface area contributed by atoms with Gasteiger partial charge in [-0.2, -0.15) is 0 Å². The molecule has 0 bridgehead atoms. The number of para-hydroxylation sites is 1. The summed E-state index contributed by atoms with van der Waals surface area (Å²) in [6, 6.07) is 16.1. The van der Waals surface area contributed by atoms with E-state index in [-0.39, 0.29) is 11.8 Å². The van der Waals surface area contributed by atoms with E-state index in [0.717, 1.165) is 0 Å². The predicted octanol–water partition coefficient (Wildman–Crippen LogP) is 3.32. The number of ether oxygens (including phenoxy) is 2. The van der Waals surface area contributed by atoms with E-state index >= 15 is 0 Å². The van der Waals surface area contributed by atoms with E-state index in [1.165, 1.54) is 11.3 Å². The summed E-state index contributed by atoms with van der Waals surface area (Å²) >= 11 is 1.27. The molecule has 9 heteroatoms. The van der Waals surface area contributed by atoms with Crippen molar-refractivity contribution in [2.75, 3.05) is 19.0 Å². The first-order valence-corrected chi connectivity index (χ1v) is 10.7. The summed E-state index contributed by atoms with van der Waals surface area (Å²) in [6.07, 6.45) is 0.390. The molecule has 0 saturated carbocycles. The number of nitrogens with zero attached hydrogens (tertiary/aromatic N) is 2. The number of amides is 2. The maximum atomic E-state index is 12.5. The average Bonchev–Trinajstić information content (AvgIpc) is 3.25. The smallest absolute Gasteiger partial charge is 0.267 e. The lowest BCUT2D eigenvalue weighted by Crippen LogP contribution is -2.32. The number of rotatable bonds is 10. The Hall–Kier alpha value is -3.46. The molecule has 0 aliphatic rings. The lowest BCUT2D eigenvalue weighted by molar-refractivity contribution is -0.122. The van der Waals surface area contributed by atoms with E-state index in [0.29, 0.717) is 46.6 Å². The van der Waals surface area contributed by atoms with Crippen LogP contribution in [0, 0.1) is 0 Å². The van der Waals surface area contributed by atoms with E-state index in [1.807, 2.05) is 25.1 Å². The molecule has 1 atom stereocenters. The van der Waals surface area contributed by atoms with Crippen molar-refractivity contribution in [1.29, 1.82) is 0 Å². The third-order valence-corrected chi connectivity index (χ3v) is 5.24. The molecular formula is C22H24N4O4S. The van der Waals surface area contributed by atoms with Crippen molar-refractivity contribution < 1.29 is 19.1 Å². The fourth-order valence-corrected chi connectivity index (χ4v) is 3.47. The summed E-state index contributed by atoms with van der Waals surface area (Å²) in [7, 11) is 1.55. The highest BCUT2D eigenvalue weighted by molar-refractivity contribution is 7.15. The van der Waals surface area contributed by atoms with Crippen LogP contribution in [0.4, 0.5) is 5.13 Å². The number of hydrogen-bond donors (Lipinski definition) is 2. The molecule has 0 radical (unpaired) electrons. The standard InChI is InChI=1S/C22H24N4O4S/c1-3-18(30-16-9-5-4-6-10-16)21(28)24-22-26-25-19(31-22)12-13-23-20(27)15-8-7-11-17(14-15)29-2/h4-11,14,18H,3,12-13H2,1-2H3,(H,23,27)(H,24,26,28). The fraction of sp³-hybridized carbons (Fsp3) is 0.273. The van der Waals surface area contributed by atoms with E-state index in [2.05, 4.69) is 20.8 Å². The Morgan fingerprint density at radius 3 is 2.58 bits per heavy atom. The first kappa shape index (κ1) is 22.2. The highest BCUT2D eigenvalue weighted by Gasteiger charge is 2.20. The number of methoxy groups -OCH3 is 1. The Labute approximate surface area is 184 Å². The van der Waals surface area contributed by atoms with Gasteiger partial charge in [0.25, 0.3) is 11.8 Å². The summed E-state index contributed by atoms with van der Waals surface area (Å²) in [5.74, 6) is 0.786. The Morgan fingerprint density at radius 1 is 1.06 bits per heavy atom. The number of nitrogens with one attached hydrogen (secondary N) is 2. The average molecular weight is 441 g/mol. The second-order valence-electron chi connectivity index (χ2n) is 6.56. The number of carbonyl (C=O) groups excluding carboxylic acids is 2. The number of benzene rings is 2. The van der Waals surface area contributed by atoms with Gasteiger partial charge in [-0.25, -0.2) is 0 Å². The molecule has 3 rings (SSSR count). The highest BCUT2D eigenvalue weighted by atomic mass is 32.1. The molecule has 2 N–H and O–H groups in total. The molecule has 0 aliphatic carbocycles. The zero-order chi connectivity index (χ0) is 22.1.